The van der Waals surface area contributed by atoms with Crippen molar-refractivity contribution in [3.8, 4) is 5.75 Å². The number of halogens is 2. The summed E-state index contributed by atoms with van der Waals surface area (Å²) in [4.78, 5) is 0. The second kappa shape index (κ2) is 6.85. The van der Waals surface area contributed by atoms with Crippen molar-refractivity contribution in [1.82, 2.24) is 5.32 Å². The van der Waals surface area contributed by atoms with Crippen LogP contribution in [0.5, 0.6) is 5.75 Å². The molecule has 0 radical (unpaired) electrons. The largest absolute Gasteiger partial charge is 0.480 e. The van der Waals surface area contributed by atoms with Gasteiger partial charge < -0.3 is 14.8 Å². The second-order valence-corrected chi connectivity index (χ2v) is 5.13. The molecule has 1 N–H and O–H groups in total. The number of morpholine rings is 1. The monoisotopic (exact) mass is 305 g/mol. The van der Waals surface area contributed by atoms with Gasteiger partial charge in [0.1, 0.15) is 11.9 Å². The zero-order valence-electron chi connectivity index (χ0n) is 12.0. The van der Waals surface area contributed by atoms with Crippen molar-refractivity contribution in [3.05, 3.63) is 65.7 Å². The van der Waals surface area contributed by atoms with Crippen LogP contribution in [0.4, 0.5) is 8.78 Å². The van der Waals surface area contributed by atoms with Crippen molar-refractivity contribution >= 4 is 0 Å². The van der Waals surface area contributed by atoms with Gasteiger partial charge in [-0.1, -0.05) is 24.3 Å². The van der Waals surface area contributed by atoms with Crippen LogP contribution < -0.4 is 10.1 Å². The summed E-state index contributed by atoms with van der Waals surface area (Å²) in [7, 11) is 0. The summed E-state index contributed by atoms with van der Waals surface area (Å²) >= 11 is 0. The van der Waals surface area contributed by atoms with Gasteiger partial charge in [-0.25, -0.2) is 8.78 Å². The zero-order chi connectivity index (χ0) is 15.4. The van der Waals surface area contributed by atoms with Gasteiger partial charge in [-0.2, -0.15) is 0 Å². The van der Waals surface area contributed by atoms with Crippen LogP contribution in [0, 0.1) is 11.6 Å². The summed E-state index contributed by atoms with van der Waals surface area (Å²) in [6.07, 6.45) is -0.774. The molecule has 1 aliphatic rings. The van der Waals surface area contributed by atoms with Crippen molar-refractivity contribution < 1.29 is 18.3 Å². The summed E-state index contributed by atoms with van der Waals surface area (Å²) in [5.74, 6) is -0.597. The van der Waals surface area contributed by atoms with E-state index in [2.05, 4.69) is 5.32 Å². The third-order valence-corrected chi connectivity index (χ3v) is 3.58. The Bertz CT molecular complexity index is 612. The molecule has 0 aliphatic carbocycles. The number of benzene rings is 2. The quantitative estimate of drug-likeness (QED) is 0.941. The molecule has 1 saturated heterocycles. The van der Waals surface area contributed by atoms with Crippen molar-refractivity contribution in [2.75, 3.05) is 19.7 Å². The highest BCUT2D eigenvalue weighted by Gasteiger charge is 2.28. The van der Waals surface area contributed by atoms with E-state index in [1.54, 1.807) is 30.3 Å². The molecule has 0 bridgehead atoms. The third kappa shape index (κ3) is 3.43. The number of para-hydroxylation sites is 1. The Morgan fingerprint density at radius 3 is 2.55 bits per heavy atom. The summed E-state index contributed by atoms with van der Waals surface area (Å²) < 4.78 is 38.6. The van der Waals surface area contributed by atoms with E-state index in [1.807, 2.05) is 0 Å². The Morgan fingerprint density at radius 1 is 1.09 bits per heavy atom. The molecular weight excluding hydrogens is 288 g/mol. The molecule has 0 saturated carbocycles. The lowest BCUT2D eigenvalue weighted by molar-refractivity contribution is -0.0442. The molecule has 0 spiro atoms. The summed E-state index contributed by atoms with van der Waals surface area (Å²) in [6, 6.07) is 12.2. The standard InChI is InChI=1S/C17H17F2NO2/c18-13-7-5-12(6-8-13)17(16-11-20-9-10-21-16)22-15-4-2-1-3-14(15)19/h1-8,16-17,20H,9-11H2/t16-,17?/m1/s1. The molecule has 2 aromatic rings. The van der Waals surface area contributed by atoms with Gasteiger partial charge >= 0.3 is 0 Å². The van der Waals surface area contributed by atoms with Crippen LogP contribution in [0.15, 0.2) is 48.5 Å². The first kappa shape index (κ1) is 14.9. The fourth-order valence-corrected chi connectivity index (χ4v) is 2.47. The van der Waals surface area contributed by atoms with E-state index in [0.717, 1.165) is 12.1 Å². The molecule has 5 heteroatoms. The summed E-state index contributed by atoms with van der Waals surface area (Å²) in [5, 5.41) is 3.22. The molecule has 116 valence electrons. The Kier molecular flexibility index (Phi) is 4.65. The second-order valence-electron chi connectivity index (χ2n) is 5.13. The first-order valence-electron chi connectivity index (χ1n) is 7.23. The highest BCUT2D eigenvalue weighted by atomic mass is 19.1. The maximum absolute atomic E-state index is 13.9. The van der Waals surface area contributed by atoms with Gasteiger partial charge in [0.2, 0.25) is 0 Å². The van der Waals surface area contributed by atoms with Crippen LogP contribution in [0.2, 0.25) is 0 Å². The van der Waals surface area contributed by atoms with Gasteiger partial charge in [-0.05, 0) is 29.8 Å². The number of rotatable bonds is 4. The predicted octanol–water partition coefficient (Wildman–Crippen LogP) is 3.07. The van der Waals surface area contributed by atoms with E-state index < -0.39 is 11.9 Å². The van der Waals surface area contributed by atoms with Crippen LogP contribution in [0.25, 0.3) is 0 Å². The smallest absolute Gasteiger partial charge is 0.165 e. The van der Waals surface area contributed by atoms with Gasteiger partial charge in [0.25, 0.3) is 0 Å². The van der Waals surface area contributed by atoms with Crippen molar-refractivity contribution in [1.29, 1.82) is 0 Å². The van der Waals surface area contributed by atoms with E-state index in [1.165, 1.54) is 18.2 Å². The minimum absolute atomic E-state index is 0.158. The normalized spacial score (nSPS) is 19.6. The molecular formula is C17H17F2NO2. The average Bonchev–Trinajstić information content (AvgIpc) is 2.56. The predicted molar refractivity (Wildman–Crippen MR) is 78.8 cm³/mol. The number of ether oxygens (including phenoxy) is 2. The number of nitrogens with one attached hydrogen (secondary N) is 1. The average molecular weight is 305 g/mol. The third-order valence-electron chi connectivity index (χ3n) is 3.58. The lowest BCUT2D eigenvalue weighted by atomic mass is 10.0. The maximum Gasteiger partial charge on any atom is 0.165 e. The first-order chi connectivity index (χ1) is 10.7. The van der Waals surface area contributed by atoms with Crippen LogP contribution in [-0.2, 0) is 4.74 Å². The van der Waals surface area contributed by atoms with Crippen LogP contribution in [-0.4, -0.2) is 25.8 Å². The topological polar surface area (TPSA) is 30.5 Å². The molecule has 3 rings (SSSR count). The molecule has 2 atom stereocenters. The molecule has 22 heavy (non-hydrogen) atoms. The molecule has 1 unspecified atom stereocenters. The van der Waals surface area contributed by atoms with Crippen LogP contribution in [0.3, 0.4) is 0 Å². The molecule has 0 aromatic heterocycles. The van der Waals surface area contributed by atoms with Crippen LogP contribution >= 0.6 is 0 Å². The molecule has 1 fully saturated rings. The van der Waals surface area contributed by atoms with E-state index in [4.69, 9.17) is 9.47 Å². The molecule has 0 amide bonds. The SMILES string of the molecule is Fc1ccc(C(Oc2ccccc2F)[C@H]2CNCCO2)cc1. The maximum atomic E-state index is 13.9. The lowest BCUT2D eigenvalue weighted by Crippen LogP contribution is -2.43. The van der Waals surface area contributed by atoms with Crippen molar-refractivity contribution in [2.45, 2.75) is 12.2 Å². The van der Waals surface area contributed by atoms with Gasteiger partial charge in [0, 0.05) is 13.1 Å². The first-order valence-corrected chi connectivity index (χ1v) is 7.23. The van der Waals surface area contributed by atoms with Gasteiger partial charge in [0.15, 0.2) is 17.7 Å². The van der Waals surface area contributed by atoms with Gasteiger partial charge in [-0.15, -0.1) is 0 Å². The minimum atomic E-state index is -0.509. The minimum Gasteiger partial charge on any atom is -0.480 e. The highest BCUT2D eigenvalue weighted by molar-refractivity contribution is 5.27. The molecule has 1 aliphatic heterocycles. The van der Waals surface area contributed by atoms with Crippen LogP contribution in [0.1, 0.15) is 11.7 Å². The van der Waals surface area contributed by atoms with Gasteiger partial charge in [0.05, 0.1) is 6.61 Å². The summed E-state index contributed by atoms with van der Waals surface area (Å²) in [6.45, 7) is 1.92. The number of hydrogen-bond acceptors (Lipinski definition) is 3. The molecule has 1 heterocycles. The Hall–Kier alpha value is -1.98. The Morgan fingerprint density at radius 2 is 1.86 bits per heavy atom. The van der Waals surface area contributed by atoms with E-state index in [9.17, 15) is 8.78 Å². The lowest BCUT2D eigenvalue weighted by Gasteiger charge is -2.31. The fraction of sp³-hybridized carbons (Fsp3) is 0.294. The fourth-order valence-electron chi connectivity index (χ4n) is 2.47. The molecule has 3 nitrogen and oxygen atoms in total. The zero-order valence-corrected chi connectivity index (χ0v) is 12.0. The van der Waals surface area contributed by atoms with Gasteiger partial charge in [-0.3, -0.25) is 0 Å². The van der Waals surface area contributed by atoms with E-state index in [0.29, 0.717) is 13.2 Å². The van der Waals surface area contributed by atoms with E-state index in [-0.39, 0.29) is 17.7 Å². The van der Waals surface area contributed by atoms with Crippen molar-refractivity contribution in [2.24, 2.45) is 0 Å². The Balaban J connectivity index is 1.88. The highest BCUT2D eigenvalue weighted by Crippen LogP contribution is 2.29. The number of hydrogen-bond donors (Lipinski definition) is 1. The molecule has 2 aromatic carbocycles. The summed E-state index contributed by atoms with van der Waals surface area (Å²) in [5.41, 5.74) is 0.748. The van der Waals surface area contributed by atoms with Crippen molar-refractivity contribution in [3.63, 3.8) is 0 Å². The Labute approximate surface area is 127 Å². The van der Waals surface area contributed by atoms with E-state index >= 15 is 0 Å².